The van der Waals surface area contributed by atoms with Gasteiger partial charge in [0, 0.05) is 30.7 Å². The Balaban J connectivity index is 1.32. The molecule has 0 radical (unpaired) electrons. The lowest BCUT2D eigenvalue weighted by Gasteiger charge is -2.34. The van der Waals surface area contributed by atoms with Gasteiger partial charge in [0.25, 0.3) is 5.91 Å². The number of hydrogen-bond acceptors (Lipinski definition) is 9. The third-order valence-electron chi connectivity index (χ3n) is 6.45. The number of nitrogens with zero attached hydrogens (tertiary/aromatic N) is 5. The van der Waals surface area contributed by atoms with E-state index in [9.17, 15) is 13.9 Å². The molecule has 5 N–H and O–H groups in total. The van der Waals surface area contributed by atoms with Gasteiger partial charge in [-0.1, -0.05) is 6.07 Å². The summed E-state index contributed by atoms with van der Waals surface area (Å²) in [5.41, 5.74) is 9.09. The van der Waals surface area contributed by atoms with Crippen LogP contribution in [0.4, 0.5) is 5.69 Å². The summed E-state index contributed by atoms with van der Waals surface area (Å²) in [4.78, 5) is 20.1. The first-order chi connectivity index (χ1) is 17.1. The number of benzene rings is 1. The standard InChI is InChI=1S/C24H31N7O4S/c1-14(2)31-23-18(11-26-31)17(10-15(3)27-23)24(32)30-9-5-6-16(12-30)13-35-20-8-4-7-19-21(20)22(25)29-36(33,34)28-19/h4,7-8,10-11,14,16,28,33-34H,5-6,9,12-13H2,1-3H3,(H2,25,29). The van der Waals surface area contributed by atoms with Gasteiger partial charge in [-0.3, -0.25) is 18.6 Å². The van der Waals surface area contributed by atoms with Crippen molar-refractivity contribution in [3.63, 3.8) is 0 Å². The van der Waals surface area contributed by atoms with E-state index >= 15 is 0 Å². The summed E-state index contributed by atoms with van der Waals surface area (Å²) in [7, 11) is -3.36. The number of carbonyl (C=O) groups is 1. The lowest BCUT2D eigenvalue weighted by atomic mass is 9.97. The summed E-state index contributed by atoms with van der Waals surface area (Å²) in [6.45, 7) is 7.61. The van der Waals surface area contributed by atoms with Crippen molar-refractivity contribution < 1.29 is 18.6 Å². The number of nitrogens with two attached hydrogens (primary N) is 1. The second kappa shape index (κ2) is 9.26. The van der Waals surface area contributed by atoms with Crippen molar-refractivity contribution >= 4 is 39.4 Å². The molecule has 4 heterocycles. The maximum absolute atomic E-state index is 13.6. The number of carbonyl (C=O) groups excluding carboxylic acids is 1. The number of ether oxygens (including phenoxy) is 1. The number of nitrogens with one attached hydrogen (secondary N) is 1. The SMILES string of the molecule is Cc1cc(C(=O)N2CCCC(COc3cccc4c3C(N)=NS(O)(O)N4)C2)c2cnn(C(C)C)c2n1. The molecule has 1 fully saturated rings. The van der Waals surface area contributed by atoms with Crippen molar-refractivity contribution in [1.82, 2.24) is 19.7 Å². The van der Waals surface area contributed by atoms with Crippen LogP contribution in [0.15, 0.2) is 34.9 Å². The molecule has 192 valence electrons. The molecule has 2 aromatic heterocycles. The highest BCUT2D eigenvalue weighted by atomic mass is 32.3. The summed E-state index contributed by atoms with van der Waals surface area (Å²) >= 11 is 0. The van der Waals surface area contributed by atoms with Crippen LogP contribution in [0.1, 0.15) is 54.3 Å². The van der Waals surface area contributed by atoms with Crippen LogP contribution in [0.2, 0.25) is 0 Å². The minimum absolute atomic E-state index is 0.0128. The Morgan fingerprint density at radius 1 is 1.36 bits per heavy atom. The van der Waals surface area contributed by atoms with Crippen LogP contribution >= 0.6 is 11.0 Å². The van der Waals surface area contributed by atoms with Crippen molar-refractivity contribution in [2.24, 2.45) is 16.0 Å². The first-order valence-electron chi connectivity index (χ1n) is 11.9. The van der Waals surface area contributed by atoms with E-state index in [4.69, 9.17) is 10.5 Å². The van der Waals surface area contributed by atoms with Gasteiger partial charge in [-0.25, -0.2) is 9.67 Å². The summed E-state index contributed by atoms with van der Waals surface area (Å²) < 4.78 is 34.1. The number of anilines is 1. The molecular formula is C24H31N7O4S. The number of rotatable bonds is 5. The molecule has 1 saturated heterocycles. The number of likely N-dealkylation sites (tertiary alicyclic amines) is 1. The molecule has 1 aromatic carbocycles. The van der Waals surface area contributed by atoms with Crippen LogP contribution < -0.4 is 15.2 Å². The number of amides is 1. The number of aryl methyl sites for hydroxylation is 1. The van der Waals surface area contributed by atoms with Gasteiger partial charge in [0.1, 0.15) is 5.75 Å². The Bertz CT molecular complexity index is 1350. The molecule has 1 amide bonds. The first-order valence-corrected chi connectivity index (χ1v) is 13.4. The molecule has 2 aliphatic rings. The predicted molar refractivity (Wildman–Crippen MR) is 140 cm³/mol. The quantitative estimate of drug-likeness (QED) is 0.400. The van der Waals surface area contributed by atoms with Crippen LogP contribution in [-0.4, -0.2) is 60.2 Å². The van der Waals surface area contributed by atoms with E-state index in [-0.39, 0.29) is 23.7 Å². The summed E-state index contributed by atoms with van der Waals surface area (Å²) in [6, 6.07) is 7.20. The number of hydrogen-bond donors (Lipinski definition) is 4. The van der Waals surface area contributed by atoms with Crippen molar-refractivity contribution in [3.05, 3.63) is 47.3 Å². The van der Waals surface area contributed by atoms with Crippen molar-refractivity contribution in [1.29, 1.82) is 0 Å². The average Bonchev–Trinajstić information content (AvgIpc) is 3.25. The Morgan fingerprint density at radius 2 is 2.17 bits per heavy atom. The monoisotopic (exact) mass is 513 g/mol. The van der Waals surface area contributed by atoms with Gasteiger partial charge < -0.3 is 15.4 Å². The van der Waals surface area contributed by atoms with Crippen LogP contribution in [0.3, 0.4) is 0 Å². The zero-order valence-corrected chi connectivity index (χ0v) is 21.3. The number of pyridine rings is 1. The number of piperidine rings is 1. The second-order valence-corrected chi connectivity index (χ2v) is 11.0. The van der Waals surface area contributed by atoms with E-state index in [1.807, 2.05) is 36.4 Å². The third kappa shape index (κ3) is 4.59. The Kier molecular flexibility index (Phi) is 6.27. The third-order valence-corrected chi connectivity index (χ3v) is 7.40. The molecule has 12 heteroatoms. The van der Waals surface area contributed by atoms with Gasteiger partial charge >= 0.3 is 0 Å². The molecule has 2 aliphatic heterocycles. The topological polar surface area (TPSA) is 151 Å². The average molecular weight is 514 g/mol. The minimum atomic E-state index is -3.36. The van der Waals surface area contributed by atoms with E-state index in [1.54, 1.807) is 24.4 Å². The Hall–Kier alpha value is -3.35. The lowest BCUT2D eigenvalue weighted by molar-refractivity contribution is 0.0635. The molecule has 11 nitrogen and oxygen atoms in total. The zero-order valence-electron chi connectivity index (χ0n) is 20.5. The fraction of sp³-hybridized carbons (Fsp3) is 0.417. The van der Waals surface area contributed by atoms with E-state index in [0.717, 1.165) is 29.6 Å². The summed E-state index contributed by atoms with van der Waals surface area (Å²) in [5.74, 6) is 0.623. The van der Waals surface area contributed by atoms with Crippen LogP contribution in [0.25, 0.3) is 11.0 Å². The van der Waals surface area contributed by atoms with Crippen LogP contribution in [0, 0.1) is 12.8 Å². The first kappa shape index (κ1) is 24.3. The van der Waals surface area contributed by atoms with Crippen molar-refractivity contribution in [3.8, 4) is 5.75 Å². The van der Waals surface area contributed by atoms with Crippen LogP contribution in [-0.2, 0) is 0 Å². The Labute approximate surface area is 211 Å². The molecule has 0 aliphatic carbocycles. The van der Waals surface area contributed by atoms with Crippen molar-refractivity contribution in [2.75, 3.05) is 24.4 Å². The molecule has 1 atom stereocenters. The second-order valence-electron chi connectivity index (χ2n) is 9.58. The summed E-state index contributed by atoms with van der Waals surface area (Å²) in [5, 5.41) is 5.23. The fourth-order valence-electron chi connectivity index (χ4n) is 4.82. The maximum Gasteiger partial charge on any atom is 0.254 e. The van der Waals surface area contributed by atoms with E-state index in [0.29, 0.717) is 42.3 Å². The Morgan fingerprint density at radius 3 is 2.94 bits per heavy atom. The number of amidine groups is 1. The fourth-order valence-corrected chi connectivity index (χ4v) is 5.69. The molecular weight excluding hydrogens is 482 g/mol. The van der Waals surface area contributed by atoms with E-state index < -0.39 is 11.0 Å². The highest BCUT2D eigenvalue weighted by Gasteiger charge is 2.29. The van der Waals surface area contributed by atoms with Gasteiger partial charge in [-0.2, -0.15) is 5.10 Å². The largest absolute Gasteiger partial charge is 0.492 e. The minimum Gasteiger partial charge on any atom is -0.492 e. The molecule has 5 rings (SSSR count). The zero-order chi connectivity index (χ0) is 25.6. The predicted octanol–water partition coefficient (Wildman–Crippen LogP) is 3.96. The van der Waals surface area contributed by atoms with Gasteiger partial charge in [0.05, 0.1) is 35.0 Å². The van der Waals surface area contributed by atoms with Crippen LogP contribution in [0.5, 0.6) is 5.75 Å². The maximum atomic E-state index is 13.6. The molecule has 0 spiro atoms. The van der Waals surface area contributed by atoms with Gasteiger partial charge in [-0.15, -0.1) is 4.40 Å². The number of fused-ring (bicyclic) bond motifs is 2. The van der Waals surface area contributed by atoms with Crippen molar-refractivity contribution in [2.45, 2.75) is 39.7 Å². The normalized spacial score (nSPS) is 20.0. The lowest BCUT2D eigenvalue weighted by Crippen LogP contribution is -2.41. The van der Waals surface area contributed by atoms with E-state index in [1.165, 1.54) is 0 Å². The molecule has 36 heavy (non-hydrogen) atoms. The van der Waals surface area contributed by atoms with Gasteiger partial charge in [-0.05, 0) is 62.8 Å². The smallest absolute Gasteiger partial charge is 0.254 e. The molecule has 0 bridgehead atoms. The summed E-state index contributed by atoms with van der Waals surface area (Å²) in [6.07, 6.45) is 3.53. The highest BCUT2D eigenvalue weighted by Crippen LogP contribution is 2.46. The highest BCUT2D eigenvalue weighted by molar-refractivity contribution is 8.24. The van der Waals surface area contributed by atoms with E-state index in [2.05, 4.69) is 19.2 Å². The van der Waals surface area contributed by atoms with Gasteiger partial charge in [0.2, 0.25) is 0 Å². The molecule has 0 saturated carbocycles. The van der Waals surface area contributed by atoms with Gasteiger partial charge in [0.15, 0.2) is 11.5 Å². The number of aromatic nitrogens is 3. The molecule has 3 aromatic rings. The molecule has 1 unspecified atom stereocenters.